The zero-order chi connectivity index (χ0) is 20.9. The molecule has 0 aliphatic carbocycles. The van der Waals surface area contributed by atoms with Gasteiger partial charge in [-0.05, 0) is 23.8 Å². The Morgan fingerprint density at radius 3 is 2.57 bits per heavy atom. The maximum atomic E-state index is 13.8. The fourth-order valence-electron chi connectivity index (χ4n) is 3.21. The second kappa shape index (κ2) is 8.95. The van der Waals surface area contributed by atoms with Crippen LogP contribution in [0.15, 0.2) is 48.1 Å². The van der Waals surface area contributed by atoms with Gasteiger partial charge in [0.25, 0.3) is 5.91 Å². The van der Waals surface area contributed by atoms with E-state index in [0.29, 0.717) is 42.4 Å². The number of halogens is 1. The lowest BCUT2D eigenvalue weighted by Gasteiger charge is -2.35. The number of aromatic nitrogens is 3. The maximum absolute atomic E-state index is 13.8. The third kappa shape index (κ3) is 4.60. The summed E-state index contributed by atoms with van der Waals surface area (Å²) in [6.07, 6.45) is 1.57. The van der Waals surface area contributed by atoms with Crippen LogP contribution in [0.3, 0.4) is 0 Å². The average Bonchev–Trinajstić information content (AvgIpc) is 3.28. The van der Waals surface area contributed by atoms with Crippen molar-refractivity contribution in [3.8, 4) is 0 Å². The van der Waals surface area contributed by atoms with Crippen molar-refractivity contribution >= 4 is 34.1 Å². The predicted octanol–water partition coefficient (Wildman–Crippen LogP) is 2.22. The molecule has 0 unspecified atom stereocenters. The number of hydrogen-bond acceptors (Lipinski definition) is 7. The second-order valence-corrected chi connectivity index (χ2v) is 7.57. The van der Waals surface area contributed by atoms with Crippen molar-refractivity contribution in [2.24, 2.45) is 0 Å². The third-order valence-corrected chi connectivity index (χ3v) is 5.45. The van der Waals surface area contributed by atoms with Crippen LogP contribution in [0.25, 0.3) is 0 Å². The van der Waals surface area contributed by atoms with E-state index in [1.807, 2.05) is 0 Å². The van der Waals surface area contributed by atoms with E-state index in [2.05, 4.69) is 25.4 Å². The lowest BCUT2D eigenvalue weighted by Crippen LogP contribution is -2.49. The van der Waals surface area contributed by atoms with E-state index in [4.69, 9.17) is 0 Å². The van der Waals surface area contributed by atoms with Crippen LogP contribution in [0.4, 0.5) is 15.3 Å². The summed E-state index contributed by atoms with van der Waals surface area (Å²) in [5.41, 5.74) is 2.37. The number of anilines is 2. The lowest BCUT2D eigenvalue weighted by molar-refractivity contribution is -0.130. The molecule has 1 fully saturated rings. The standard InChI is InChI=1S/C20H19FN6O2S/c21-16-4-2-1-3-14(16)11-18(28)27-9-7-26(8-10-27)17-6-5-15(12-22-17)19(29)24-20-25-23-13-30-20/h1-6,12-13H,7-11H2,(H,24,25,29). The van der Waals surface area contributed by atoms with Crippen molar-refractivity contribution in [2.75, 3.05) is 36.4 Å². The van der Waals surface area contributed by atoms with Crippen LogP contribution in [0.2, 0.25) is 0 Å². The molecule has 1 aliphatic heterocycles. The molecule has 1 aliphatic rings. The molecule has 1 saturated heterocycles. The Labute approximate surface area is 176 Å². The van der Waals surface area contributed by atoms with Gasteiger partial charge in [-0.15, -0.1) is 10.2 Å². The molecule has 8 nitrogen and oxygen atoms in total. The molecule has 1 aromatic carbocycles. The number of amides is 2. The molecule has 3 heterocycles. The van der Waals surface area contributed by atoms with Crippen molar-refractivity contribution < 1.29 is 14.0 Å². The van der Waals surface area contributed by atoms with Crippen LogP contribution >= 0.6 is 11.3 Å². The van der Waals surface area contributed by atoms with Crippen LogP contribution in [0, 0.1) is 5.82 Å². The summed E-state index contributed by atoms with van der Waals surface area (Å²) in [6.45, 7) is 2.31. The monoisotopic (exact) mass is 426 g/mol. The van der Waals surface area contributed by atoms with Crippen molar-refractivity contribution in [1.82, 2.24) is 20.1 Å². The minimum absolute atomic E-state index is 0.0589. The Bertz CT molecular complexity index is 1020. The summed E-state index contributed by atoms with van der Waals surface area (Å²) in [5.74, 6) is -0.00151. The van der Waals surface area contributed by atoms with Gasteiger partial charge < -0.3 is 9.80 Å². The first kappa shape index (κ1) is 19.9. The first-order valence-electron chi connectivity index (χ1n) is 9.40. The molecular weight excluding hydrogens is 407 g/mol. The van der Waals surface area contributed by atoms with Crippen LogP contribution in [0.1, 0.15) is 15.9 Å². The van der Waals surface area contributed by atoms with Crippen LogP contribution in [0.5, 0.6) is 0 Å². The van der Waals surface area contributed by atoms with Gasteiger partial charge in [0.15, 0.2) is 0 Å². The SMILES string of the molecule is O=C(Nc1nncs1)c1ccc(N2CCN(C(=O)Cc3ccccc3F)CC2)nc1. The number of nitrogens with one attached hydrogen (secondary N) is 1. The van der Waals surface area contributed by atoms with Crippen LogP contribution in [-0.4, -0.2) is 58.1 Å². The van der Waals surface area contributed by atoms with Gasteiger partial charge in [0.2, 0.25) is 11.0 Å². The van der Waals surface area contributed by atoms with Crippen molar-refractivity contribution in [2.45, 2.75) is 6.42 Å². The number of rotatable bonds is 5. The highest BCUT2D eigenvalue weighted by Crippen LogP contribution is 2.17. The predicted molar refractivity (Wildman–Crippen MR) is 111 cm³/mol. The molecule has 154 valence electrons. The highest BCUT2D eigenvalue weighted by atomic mass is 32.1. The smallest absolute Gasteiger partial charge is 0.259 e. The van der Waals surface area contributed by atoms with E-state index in [9.17, 15) is 14.0 Å². The Kier molecular flexibility index (Phi) is 5.94. The molecule has 2 amide bonds. The summed E-state index contributed by atoms with van der Waals surface area (Å²) < 4.78 is 13.8. The molecule has 2 aromatic heterocycles. The molecular formula is C20H19FN6O2S. The van der Waals surface area contributed by atoms with Gasteiger partial charge in [0, 0.05) is 32.4 Å². The van der Waals surface area contributed by atoms with Gasteiger partial charge in [-0.2, -0.15) is 0 Å². The van der Waals surface area contributed by atoms with Gasteiger partial charge in [0.1, 0.15) is 17.1 Å². The number of hydrogen-bond donors (Lipinski definition) is 1. The fraction of sp³-hybridized carbons (Fsp3) is 0.250. The molecule has 0 saturated carbocycles. The van der Waals surface area contributed by atoms with Crippen molar-refractivity contribution in [1.29, 1.82) is 0 Å². The van der Waals surface area contributed by atoms with Gasteiger partial charge >= 0.3 is 0 Å². The Balaban J connectivity index is 1.31. The van der Waals surface area contributed by atoms with Gasteiger partial charge in [-0.25, -0.2) is 9.37 Å². The molecule has 3 aromatic rings. The van der Waals surface area contributed by atoms with E-state index in [1.165, 1.54) is 29.1 Å². The molecule has 10 heteroatoms. The number of pyridine rings is 1. The van der Waals surface area contributed by atoms with E-state index in [1.54, 1.807) is 35.2 Å². The van der Waals surface area contributed by atoms with Crippen LogP contribution < -0.4 is 10.2 Å². The fourth-order valence-corrected chi connectivity index (χ4v) is 3.65. The summed E-state index contributed by atoms with van der Waals surface area (Å²) in [4.78, 5) is 32.9. The normalized spacial score (nSPS) is 13.9. The first-order chi connectivity index (χ1) is 14.6. The minimum Gasteiger partial charge on any atom is -0.353 e. The molecule has 0 spiro atoms. The average molecular weight is 426 g/mol. The number of piperazine rings is 1. The summed E-state index contributed by atoms with van der Waals surface area (Å²) in [6, 6.07) is 9.83. The van der Waals surface area contributed by atoms with E-state index in [0.717, 1.165) is 5.82 Å². The molecule has 1 N–H and O–H groups in total. The Hall–Kier alpha value is -3.40. The largest absolute Gasteiger partial charge is 0.353 e. The number of carbonyl (C=O) groups excluding carboxylic acids is 2. The Morgan fingerprint density at radius 2 is 1.90 bits per heavy atom. The zero-order valence-electron chi connectivity index (χ0n) is 16.0. The summed E-state index contributed by atoms with van der Waals surface area (Å²) in [7, 11) is 0. The highest BCUT2D eigenvalue weighted by Gasteiger charge is 2.23. The van der Waals surface area contributed by atoms with Crippen molar-refractivity contribution in [3.63, 3.8) is 0 Å². The van der Waals surface area contributed by atoms with E-state index in [-0.39, 0.29) is 24.1 Å². The number of benzene rings is 1. The molecule has 0 atom stereocenters. The van der Waals surface area contributed by atoms with Crippen LogP contribution in [-0.2, 0) is 11.2 Å². The second-order valence-electron chi connectivity index (χ2n) is 6.74. The molecule has 4 rings (SSSR count). The van der Waals surface area contributed by atoms with Crippen molar-refractivity contribution in [3.05, 3.63) is 65.0 Å². The molecule has 30 heavy (non-hydrogen) atoms. The quantitative estimate of drug-likeness (QED) is 0.673. The molecule has 0 bridgehead atoms. The first-order valence-corrected chi connectivity index (χ1v) is 10.3. The van der Waals surface area contributed by atoms with Gasteiger partial charge in [-0.3, -0.25) is 14.9 Å². The van der Waals surface area contributed by atoms with Gasteiger partial charge in [0.05, 0.1) is 12.0 Å². The summed E-state index contributed by atoms with van der Waals surface area (Å²) in [5, 5.41) is 10.5. The number of carbonyl (C=O) groups is 2. The minimum atomic E-state index is -0.357. The van der Waals surface area contributed by atoms with E-state index >= 15 is 0 Å². The van der Waals surface area contributed by atoms with Gasteiger partial charge in [-0.1, -0.05) is 29.5 Å². The Morgan fingerprint density at radius 1 is 1.10 bits per heavy atom. The summed E-state index contributed by atoms with van der Waals surface area (Å²) >= 11 is 1.24. The lowest BCUT2D eigenvalue weighted by atomic mass is 10.1. The number of nitrogens with zero attached hydrogens (tertiary/aromatic N) is 5. The third-order valence-electron chi connectivity index (χ3n) is 4.85. The van der Waals surface area contributed by atoms with E-state index < -0.39 is 0 Å². The zero-order valence-corrected chi connectivity index (χ0v) is 16.8. The highest BCUT2D eigenvalue weighted by molar-refractivity contribution is 7.13. The maximum Gasteiger partial charge on any atom is 0.259 e. The molecule has 0 radical (unpaired) electrons. The topological polar surface area (TPSA) is 91.3 Å².